The number of amides is 1. The van der Waals surface area contributed by atoms with Crippen molar-refractivity contribution < 1.29 is 4.79 Å². The molecule has 0 unspecified atom stereocenters. The summed E-state index contributed by atoms with van der Waals surface area (Å²) < 4.78 is 0. The second-order valence-electron chi connectivity index (χ2n) is 4.53. The number of hydrogen-bond acceptors (Lipinski definition) is 4. The van der Waals surface area contributed by atoms with Crippen LogP contribution >= 0.6 is 0 Å². The lowest BCUT2D eigenvalue weighted by atomic mass is 10.2. The Morgan fingerprint density at radius 1 is 1.37 bits per heavy atom. The molecule has 1 saturated heterocycles. The van der Waals surface area contributed by atoms with Crippen molar-refractivity contribution in [2.45, 2.75) is 0 Å². The molecule has 1 amide bonds. The van der Waals surface area contributed by atoms with Gasteiger partial charge in [-0.15, -0.1) is 0 Å². The number of likely N-dealkylation sites (N-methyl/N-ethyl adjacent to an activating group) is 1. The van der Waals surface area contributed by atoms with Gasteiger partial charge < -0.3 is 15.5 Å². The molecule has 2 N–H and O–H groups in total. The van der Waals surface area contributed by atoms with Crippen molar-refractivity contribution in [3.8, 4) is 11.8 Å². The first-order valence-electron chi connectivity index (χ1n) is 6.33. The van der Waals surface area contributed by atoms with Crippen LogP contribution in [0.2, 0.25) is 0 Å². The maximum atomic E-state index is 12.2. The van der Waals surface area contributed by atoms with Crippen molar-refractivity contribution in [2.75, 3.05) is 39.8 Å². The summed E-state index contributed by atoms with van der Waals surface area (Å²) >= 11 is 0. The summed E-state index contributed by atoms with van der Waals surface area (Å²) in [7, 11) is 2.06. The van der Waals surface area contributed by atoms with Crippen LogP contribution in [-0.2, 0) is 0 Å². The molecule has 19 heavy (non-hydrogen) atoms. The second kappa shape index (κ2) is 6.32. The number of hydrogen-bond donors (Lipinski definition) is 1. The van der Waals surface area contributed by atoms with Gasteiger partial charge >= 0.3 is 0 Å². The van der Waals surface area contributed by atoms with E-state index in [2.05, 4.69) is 28.8 Å². The summed E-state index contributed by atoms with van der Waals surface area (Å²) in [5, 5.41) is 0. The van der Waals surface area contributed by atoms with Gasteiger partial charge in [0.1, 0.15) is 5.69 Å². The van der Waals surface area contributed by atoms with E-state index in [0.29, 0.717) is 12.2 Å². The largest absolute Gasteiger partial charge is 0.335 e. The average Bonchev–Trinajstić information content (AvgIpc) is 2.46. The van der Waals surface area contributed by atoms with Crippen LogP contribution in [0.15, 0.2) is 18.3 Å². The van der Waals surface area contributed by atoms with Crippen LogP contribution < -0.4 is 5.73 Å². The highest BCUT2D eigenvalue weighted by molar-refractivity contribution is 5.92. The van der Waals surface area contributed by atoms with Crippen molar-refractivity contribution in [3.63, 3.8) is 0 Å². The zero-order valence-corrected chi connectivity index (χ0v) is 11.1. The Balaban J connectivity index is 2.03. The predicted octanol–water partition coefficient (Wildman–Crippen LogP) is -0.221. The Labute approximate surface area is 113 Å². The van der Waals surface area contributed by atoms with Crippen molar-refractivity contribution in [3.05, 3.63) is 29.6 Å². The molecule has 1 fully saturated rings. The first-order valence-corrected chi connectivity index (χ1v) is 6.33. The maximum absolute atomic E-state index is 12.2. The quantitative estimate of drug-likeness (QED) is 0.707. The van der Waals surface area contributed by atoms with E-state index >= 15 is 0 Å². The molecule has 5 nitrogen and oxygen atoms in total. The van der Waals surface area contributed by atoms with Gasteiger partial charge in [0.15, 0.2) is 0 Å². The Morgan fingerprint density at radius 2 is 2.11 bits per heavy atom. The third-order valence-corrected chi connectivity index (χ3v) is 3.11. The van der Waals surface area contributed by atoms with Crippen LogP contribution in [0.4, 0.5) is 0 Å². The highest BCUT2D eigenvalue weighted by Crippen LogP contribution is 2.06. The van der Waals surface area contributed by atoms with Gasteiger partial charge in [-0.2, -0.15) is 0 Å². The lowest BCUT2D eigenvalue weighted by molar-refractivity contribution is 0.0658. The molecular formula is C14H18N4O. The molecule has 0 spiro atoms. The lowest BCUT2D eigenvalue weighted by Crippen LogP contribution is -2.47. The number of carbonyl (C=O) groups excluding carboxylic acids is 1. The third-order valence-electron chi connectivity index (χ3n) is 3.11. The molecule has 2 rings (SSSR count). The molecule has 0 bridgehead atoms. The number of carbonyl (C=O) groups is 1. The lowest BCUT2D eigenvalue weighted by Gasteiger charge is -2.32. The fraction of sp³-hybridized carbons (Fsp3) is 0.429. The first-order chi connectivity index (χ1) is 9.20. The van der Waals surface area contributed by atoms with Gasteiger partial charge in [-0.05, 0) is 19.2 Å². The maximum Gasteiger partial charge on any atom is 0.272 e. The summed E-state index contributed by atoms with van der Waals surface area (Å²) in [5.74, 6) is 5.64. The van der Waals surface area contributed by atoms with Gasteiger partial charge in [0.05, 0.1) is 6.54 Å². The highest BCUT2D eigenvalue weighted by Gasteiger charge is 2.20. The zero-order chi connectivity index (χ0) is 13.7. The van der Waals surface area contributed by atoms with E-state index in [-0.39, 0.29) is 5.91 Å². The van der Waals surface area contributed by atoms with E-state index < -0.39 is 0 Å². The standard InChI is InChI=1S/C14H18N4O/c1-17-7-9-18(10-8-17)14(19)13-5-4-12(11-16-13)3-2-6-15/h4-5,11H,6-10,15H2,1H3. The topological polar surface area (TPSA) is 62.5 Å². The summed E-state index contributed by atoms with van der Waals surface area (Å²) in [6.45, 7) is 3.65. The van der Waals surface area contributed by atoms with Gasteiger partial charge in [-0.3, -0.25) is 4.79 Å². The summed E-state index contributed by atoms with van der Waals surface area (Å²) in [6.07, 6.45) is 1.62. The average molecular weight is 258 g/mol. The van der Waals surface area contributed by atoms with Crippen molar-refractivity contribution in [2.24, 2.45) is 5.73 Å². The summed E-state index contributed by atoms with van der Waals surface area (Å²) in [6, 6.07) is 3.53. The molecule has 100 valence electrons. The fourth-order valence-electron chi connectivity index (χ4n) is 1.92. The van der Waals surface area contributed by atoms with Crippen LogP contribution in [0.5, 0.6) is 0 Å². The highest BCUT2D eigenvalue weighted by atomic mass is 16.2. The Kier molecular flexibility index (Phi) is 4.50. The molecule has 1 aromatic heterocycles. The van der Waals surface area contributed by atoms with Crippen LogP contribution in [0.1, 0.15) is 16.1 Å². The van der Waals surface area contributed by atoms with Gasteiger partial charge in [0.2, 0.25) is 0 Å². The normalized spacial score (nSPS) is 15.8. The number of nitrogens with zero attached hydrogens (tertiary/aromatic N) is 3. The van der Waals surface area contributed by atoms with E-state index in [9.17, 15) is 4.79 Å². The molecule has 2 heterocycles. The number of piperazine rings is 1. The molecule has 1 aromatic rings. The second-order valence-corrected chi connectivity index (χ2v) is 4.53. The van der Waals surface area contributed by atoms with Crippen LogP contribution in [0.3, 0.4) is 0 Å². The Morgan fingerprint density at radius 3 is 2.68 bits per heavy atom. The number of aromatic nitrogens is 1. The van der Waals surface area contributed by atoms with Crippen molar-refractivity contribution in [1.82, 2.24) is 14.8 Å². The summed E-state index contributed by atoms with van der Waals surface area (Å²) in [4.78, 5) is 20.5. The number of pyridine rings is 1. The molecule has 5 heteroatoms. The number of rotatable bonds is 1. The van der Waals surface area contributed by atoms with Crippen molar-refractivity contribution in [1.29, 1.82) is 0 Å². The van der Waals surface area contributed by atoms with Crippen molar-refractivity contribution >= 4 is 5.91 Å². The molecule has 0 atom stereocenters. The van der Waals surface area contributed by atoms with Gasteiger partial charge in [-0.1, -0.05) is 11.8 Å². The monoisotopic (exact) mass is 258 g/mol. The minimum Gasteiger partial charge on any atom is -0.335 e. The van der Waals surface area contributed by atoms with Crippen LogP contribution in [0.25, 0.3) is 0 Å². The summed E-state index contributed by atoms with van der Waals surface area (Å²) in [5.41, 5.74) is 6.56. The molecule has 0 aromatic carbocycles. The van der Waals surface area contributed by atoms with Gasteiger partial charge in [0, 0.05) is 37.9 Å². The molecule has 1 aliphatic heterocycles. The van der Waals surface area contributed by atoms with Crippen LogP contribution in [-0.4, -0.2) is 60.5 Å². The smallest absolute Gasteiger partial charge is 0.272 e. The van der Waals surface area contributed by atoms with E-state index in [1.54, 1.807) is 18.3 Å². The molecule has 0 saturated carbocycles. The van der Waals surface area contributed by atoms with E-state index in [0.717, 1.165) is 31.7 Å². The van der Waals surface area contributed by atoms with E-state index in [1.807, 2.05) is 4.90 Å². The number of nitrogens with two attached hydrogens (primary N) is 1. The zero-order valence-electron chi connectivity index (χ0n) is 11.1. The predicted molar refractivity (Wildman–Crippen MR) is 73.6 cm³/mol. The van der Waals surface area contributed by atoms with Crippen LogP contribution in [0, 0.1) is 11.8 Å². The Bertz CT molecular complexity index is 492. The molecular weight excluding hydrogens is 240 g/mol. The molecule has 0 aliphatic carbocycles. The van der Waals surface area contributed by atoms with E-state index in [1.165, 1.54) is 0 Å². The molecule has 1 aliphatic rings. The van der Waals surface area contributed by atoms with E-state index in [4.69, 9.17) is 5.73 Å². The Hall–Kier alpha value is -1.90. The SMILES string of the molecule is CN1CCN(C(=O)c2ccc(C#CCN)cn2)CC1. The molecule has 0 radical (unpaired) electrons. The third kappa shape index (κ3) is 3.53. The minimum atomic E-state index is -0.00793. The van der Waals surface area contributed by atoms with Gasteiger partial charge in [0.25, 0.3) is 5.91 Å². The fourth-order valence-corrected chi connectivity index (χ4v) is 1.92. The minimum absolute atomic E-state index is 0.00793. The van der Waals surface area contributed by atoms with Gasteiger partial charge in [-0.25, -0.2) is 4.98 Å². The first kappa shape index (κ1) is 13.5.